The predicted molar refractivity (Wildman–Crippen MR) is 36.8 cm³/mol. The number of nitrogens with two attached hydrogens (primary N) is 1. The third-order valence-corrected chi connectivity index (χ3v) is 1.25. The van der Waals surface area contributed by atoms with Crippen LogP contribution in [0.2, 0.25) is 0 Å². The molecular formula is C7H9FN2. The maximum absolute atomic E-state index is 12.7. The van der Waals surface area contributed by atoms with Crippen molar-refractivity contribution in [2.45, 2.75) is 13.5 Å². The highest BCUT2D eigenvalue weighted by Crippen LogP contribution is 2.04. The van der Waals surface area contributed by atoms with Crippen molar-refractivity contribution in [1.29, 1.82) is 0 Å². The molecule has 0 aliphatic heterocycles. The molecule has 0 unspecified atom stereocenters. The largest absolute Gasteiger partial charge is 0.325 e. The molecule has 1 heterocycles. The van der Waals surface area contributed by atoms with Crippen molar-refractivity contribution in [3.63, 3.8) is 0 Å². The van der Waals surface area contributed by atoms with Gasteiger partial charge in [-0.25, -0.2) is 4.39 Å². The fourth-order valence-electron chi connectivity index (χ4n) is 0.712. The molecule has 0 aliphatic rings. The first kappa shape index (κ1) is 7.15. The van der Waals surface area contributed by atoms with Crippen LogP contribution >= 0.6 is 0 Å². The second-order valence-electron chi connectivity index (χ2n) is 2.15. The Kier molecular flexibility index (Phi) is 1.97. The molecular weight excluding hydrogens is 131 g/mol. The van der Waals surface area contributed by atoms with Gasteiger partial charge in [0.25, 0.3) is 0 Å². The van der Waals surface area contributed by atoms with E-state index >= 15 is 0 Å². The summed E-state index contributed by atoms with van der Waals surface area (Å²) in [5.74, 6) is -0.317. The summed E-state index contributed by atoms with van der Waals surface area (Å²) >= 11 is 0. The van der Waals surface area contributed by atoms with Crippen LogP contribution in [-0.4, -0.2) is 4.98 Å². The van der Waals surface area contributed by atoms with Crippen molar-refractivity contribution in [2.75, 3.05) is 0 Å². The van der Waals surface area contributed by atoms with Crippen molar-refractivity contribution in [1.82, 2.24) is 4.98 Å². The summed E-state index contributed by atoms with van der Waals surface area (Å²) in [7, 11) is 0. The second-order valence-corrected chi connectivity index (χ2v) is 2.15. The molecule has 0 atom stereocenters. The van der Waals surface area contributed by atoms with Crippen LogP contribution in [0.5, 0.6) is 0 Å². The Bertz CT molecular complexity index is 235. The van der Waals surface area contributed by atoms with Gasteiger partial charge in [0, 0.05) is 12.7 Å². The van der Waals surface area contributed by atoms with E-state index in [1.807, 2.05) is 0 Å². The standard InChI is InChI=1S/C7H9FN2/c1-5-2-6(8)7(3-9)10-4-5/h2,4H,3,9H2,1H3. The molecule has 1 rings (SSSR count). The molecule has 2 N–H and O–H groups in total. The molecule has 1 aromatic heterocycles. The van der Waals surface area contributed by atoms with Gasteiger partial charge in [-0.3, -0.25) is 4.98 Å². The van der Waals surface area contributed by atoms with Crippen LogP contribution in [0.15, 0.2) is 12.3 Å². The SMILES string of the molecule is Cc1cnc(CN)c(F)c1. The third-order valence-electron chi connectivity index (χ3n) is 1.25. The molecule has 3 heteroatoms. The average molecular weight is 140 g/mol. The minimum absolute atomic E-state index is 0.159. The highest BCUT2D eigenvalue weighted by molar-refractivity contribution is 5.14. The summed E-state index contributed by atoms with van der Waals surface area (Å²) in [6, 6.07) is 1.43. The number of nitrogens with zero attached hydrogens (tertiary/aromatic N) is 1. The lowest BCUT2D eigenvalue weighted by Gasteiger charge is -1.97. The Morgan fingerprint density at radius 2 is 2.40 bits per heavy atom. The fourth-order valence-corrected chi connectivity index (χ4v) is 0.712. The van der Waals surface area contributed by atoms with Crippen LogP contribution in [0.1, 0.15) is 11.3 Å². The molecule has 10 heavy (non-hydrogen) atoms. The van der Waals surface area contributed by atoms with Crippen molar-refractivity contribution in [3.8, 4) is 0 Å². The maximum atomic E-state index is 12.7. The Balaban J connectivity index is 3.07. The molecule has 0 saturated heterocycles. The van der Waals surface area contributed by atoms with E-state index in [1.165, 1.54) is 6.07 Å². The number of aromatic nitrogens is 1. The third kappa shape index (κ3) is 1.30. The lowest BCUT2D eigenvalue weighted by molar-refractivity contribution is 0.598. The predicted octanol–water partition coefficient (Wildman–Crippen LogP) is 0.988. The van der Waals surface area contributed by atoms with Gasteiger partial charge in [0.05, 0.1) is 5.69 Å². The summed E-state index contributed by atoms with van der Waals surface area (Å²) in [6.45, 7) is 1.95. The summed E-state index contributed by atoms with van der Waals surface area (Å²) in [5, 5.41) is 0. The highest BCUT2D eigenvalue weighted by atomic mass is 19.1. The quantitative estimate of drug-likeness (QED) is 0.631. The van der Waals surface area contributed by atoms with Crippen molar-refractivity contribution in [2.24, 2.45) is 5.73 Å². The first-order valence-corrected chi connectivity index (χ1v) is 3.05. The van der Waals surface area contributed by atoms with Crippen LogP contribution < -0.4 is 5.73 Å². The molecule has 0 radical (unpaired) electrons. The molecule has 54 valence electrons. The van der Waals surface area contributed by atoms with Crippen molar-refractivity contribution in [3.05, 3.63) is 29.3 Å². The van der Waals surface area contributed by atoms with Crippen LogP contribution in [0.4, 0.5) is 4.39 Å². The summed E-state index contributed by atoms with van der Waals surface area (Å²) in [5.41, 5.74) is 6.34. The van der Waals surface area contributed by atoms with Crippen molar-refractivity contribution < 1.29 is 4.39 Å². The normalized spacial score (nSPS) is 9.90. The number of aryl methyl sites for hydroxylation is 1. The smallest absolute Gasteiger partial charge is 0.146 e. The van der Waals surface area contributed by atoms with Gasteiger partial charge in [0.1, 0.15) is 5.82 Å². The molecule has 1 aromatic rings. The van der Waals surface area contributed by atoms with Gasteiger partial charge >= 0.3 is 0 Å². The first-order valence-electron chi connectivity index (χ1n) is 3.05. The van der Waals surface area contributed by atoms with Gasteiger partial charge in [-0.2, -0.15) is 0 Å². The minimum Gasteiger partial charge on any atom is -0.325 e. The fraction of sp³-hybridized carbons (Fsp3) is 0.286. The van der Waals surface area contributed by atoms with Crippen LogP contribution in [0.25, 0.3) is 0 Å². The van der Waals surface area contributed by atoms with E-state index < -0.39 is 0 Å². The monoisotopic (exact) mass is 140 g/mol. The van der Waals surface area contributed by atoms with Gasteiger partial charge in [0.15, 0.2) is 0 Å². The van der Waals surface area contributed by atoms with E-state index in [2.05, 4.69) is 4.98 Å². The van der Waals surface area contributed by atoms with Gasteiger partial charge in [-0.05, 0) is 18.6 Å². The van der Waals surface area contributed by atoms with E-state index in [0.29, 0.717) is 5.69 Å². The summed E-state index contributed by atoms with van der Waals surface area (Å²) in [6.07, 6.45) is 1.60. The maximum Gasteiger partial charge on any atom is 0.146 e. The molecule has 2 nitrogen and oxygen atoms in total. The zero-order chi connectivity index (χ0) is 7.56. The van der Waals surface area contributed by atoms with Gasteiger partial charge in [0.2, 0.25) is 0 Å². The number of hydrogen-bond donors (Lipinski definition) is 1. The minimum atomic E-state index is -0.317. The summed E-state index contributed by atoms with van der Waals surface area (Å²) < 4.78 is 12.7. The van der Waals surface area contributed by atoms with Gasteiger partial charge in [-0.15, -0.1) is 0 Å². The lowest BCUT2D eigenvalue weighted by Crippen LogP contribution is -2.02. The summed E-state index contributed by atoms with van der Waals surface area (Å²) in [4.78, 5) is 3.80. The van der Waals surface area contributed by atoms with Gasteiger partial charge < -0.3 is 5.73 Å². The Morgan fingerprint density at radius 3 is 2.90 bits per heavy atom. The molecule has 0 spiro atoms. The van der Waals surface area contributed by atoms with E-state index in [-0.39, 0.29) is 12.4 Å². The number of halogens is 1. The van der Waals surface area contributed by atoms with E-state index in [0.717, 1.165) is 5.56 Å². The van der Waals surface area contributed by atoms with E-state index in [9.17, 15) is 4.39 Å². The van der Waals surface area contributed by atoms with Crippen LogP contribution in [0, 0.1) is 12.7 Å². The molecule has 0 amide bonds. The Labute approximate surface area is 58.9 Å². The van der Waals surface area contributed by atoms with Crippen molar-refractivity contribution >= 4 is 0 Å². The zero-order valence-corrected chi connectivity index (χ0v) is 5.76. The highest BCUT2D eigenvalue weighted by Gasteiger charge is 1.99. The average Bonchev–Trinajstić information content (AvgIpc) is 1.88. The zero-order valence-electron chi connectivity index (χ0n) is 5.76. The van der Waals surface area contributed by atoms with Gasteiger partial charge in [-0.1, -0.05) is 0 Å². The Morgan fingerprint density at radius 1 is 1.70 bits per heavy atom. The molecule has 0 aliphatic carbocycles. The molecule has 0 aromatic carbocycles. The Hall–Kier alpha value is -0.960. The van der Waals surface area contributed by atoms with E-state index in [4.69, 9.17) is 5.73 Å². The molecule has 0 bridgehead atoms. The molecule has 0 fully saturated rings. The molecule has 0 saturated carbocycles. The first-order chi connectivity index (χ1) is 4.74. The number of hydrogen-bond acceptors (Lipinski definition) is 2. The lowest BCUT2D eigenvalue weighted by atomic mass is 10.2. The number of pyridine rings is 1. The second kappa shape index (κ2) is 2.75. The van der Waals surface area contributed by atoms with E-state index in [1.54, 1.807) is 13.1 Å². The van der Waals surface area contributed by atoms with Crippen LogP contribution in [0.3, 0.4) is 0 Å². The topological polar surface area (TPSA) is 38.9 Å². The number of rotatable bonds is 1. The van der Waals surface area contributed by atoms with Crippen LogP contribution in [-0.2, 0) is 6.54 Å².